The highest BCUT2D eigenvalue weighted by atomic mass is 16.1. The highest BCUT2D eigenvalue weighted by Gasteiger charge is 2.20. The van der Waals surface area contributed by atoms with Gasteiger partial charge in [-0.2, -0.15) is 0 Å². The molecule has 0 heterocycles. The average molecular weight is 155 g/mol. The van der Waals surface area contributed by atoms with Gasteiger partial charge in [0.25, 0.3) is 0 Å². The molecule has 2 heteroatoms. The fraction of sp³-hybridized carbons (Fsp3) is 0.667. The van der Waals surface area contributed by atoms with Crippen molar-refractivity contribution < 1.29 is 4.79 Å². The van der Waals surface area contributed by atoms with Gasteiger partial charge < -0.3 is 5.32 Å². The Morgan fingerprint density at radius 1 is 1.55 bits per heavy atom. The van der Waals surface area contributed by atoms with Gasteiger partial charge >= 0.3 is 0 Å². The summed E-state index contributed by atoms with van der Waals surface area (Å²) in [6.07, 6.45) is 1.29. The van der Waals surface area contributed by atoms with Crippen LogP contribution < -0.4 is 5.32 Å². The maximum atomic E-state index is 10.8. The number of amides is 1. The van der Waals surface area contributed by atoms with Gasteiger partial charge in [-0.05, 0) is 18.4 Å². The maximum absolute atomic E-state index is 10.8. The van der Waals surface area contributed by atoms with Crippen molar-refractivity contribution in [1.82, 2.24) is 5.32 Å². The van der Waals surface area contributed by atoms with Crippen LogP contribution in [-0.2, 0) is 4.79 Å². The minimum absolute atomic E-state index is 0.104. The smallest absolute Gasteiger partial charge is 0.243 e. The van der Waals surface area contributed by atoms with E-state index in [1.54, 1.807) is 0 Å². The van der Waals surface area contributed by atoms with Crippen LogP contribution in [0.4, 0.5) is 0 Å². The van der Waals surface area contributed by atoms with Crippen molar-refractivity contribution >= 4 is 5.91 Å². The van der Waals surface area contributed by atoms with Crippen molar-refractivity contribution in [2.75, 3.05) is 0 Å². The number of carbonyl (C=O) groups is 1. The van der Waals surface area contributed by atoms with Crippen molar-refractivity contribution in [3.63, 3.8) is 0 Å². The van der Waals surface area contributed by atoms with Gasteiger partial charge in [0.15, 0.2) is 0 Å². The van der Waals surface area contributed by atoms with Gasteiger partial charge in [-0.25, -0.2) is 0 Å². The zero-order chi connectivity index (χ0) is 9.07. The molecule has 0 rings (SSSR count). The van der Waals surface area contributed by atoms with E-state index in [0.717, 1.165) is 0 Å². The lowest BCUT2D eigenvalue weighted by Gasteiger charge is -2.27. The molecule has 1 unspecified atom stereocenters. The number of carbonyl (C=O) groups excluding carboxylic acids is 1. The fourth-order valence-electron chi connectivity index (χ4n) is 0.489. The third-order valence-electron chi connectivity index (χ3n) is 1.84. The number of nitrogens with one attached hydrogen (secondary N) is 1. The van der Waals surface area contributed by atoms with E-state index >= 15 is 0 Å². The first-order valence-electron chi connectivity index (χ1n) is 3.81. The SMILES string of the molecule is C=CC(=O)NC(C)C(C)(C)C. The molecule has 0 saturated carbocycles. The summed E-state index contributed by atoms with van der Waals surface area (Å²) in [6, 6.07) is 0.174. The van der Waals surface area contributed by atoms with Gasteiger partial charge in [0.05, 0.1) is 0 Å². The predicted molar refractivity (Wildman–Crippen MR) is 47.3 cm³/mol. The van der Waals surface area contributed by atoms with Crippen LogP contribution in [-0.4, -0.2) is 11.9 Å². The minimum atomic E-state index is -0.104. The molecule has 1 amide bonds. The summed E-state index contributed by atoms with van der Waals surface area (Å²) < 4.78 is 0. The Kier molecular flexibility index (Phi) is 3.30. The van der Waals surface area contributed by atoms with Gasteiger partial charge in [0, 0.05) is 6.04 Å². The molecule has 0 aliphatic carbocycles. The van der Waals surface area contributed by atoms with Gasteiger partial charge in [0.2, 0.25) is 5.91 Å². The van der Waals surface area contributed by atoms with Crippen LogP contribution in [0, 0.1) is 5.41 Å². The third kappa shape index (κ3) is 3.81. The number of hydrogen-bond donors (Lipinski definition) is 1. The van der Waals surface area contributed by atoms with E-state index < -0.39 is 0 Å². The third-order valence-corrected chi connectivity index (χ3v) is 1.84. The molecule has 0 aliphatic rings. The summed E-state index contributed by atoms with van der Waals surface area (Å²) in [5.74, 6) is -0.104. The minimum Gasteiger partial charge on any atom is -0.350 e. The first-order valence-corrected chi connectivity index (χ1v) is 3.81. The second-order valence-corrected chi connectivity index (χ2v) is 3.80. The topological polar surface area (TPSA) is 29.1 Å². The number of hydrogen-bond acceptors (Lipinski definition) is 1. The molecule has 0 aliphatic heterocycles. The zero-order valence-corrected chi connectivity index (χ0v) is 7.77. The molecule has 0 fully saturated rings. The molecule has 64 valence electrons. The Bertz CT molecular complexity index is 155. The summed E-state index contributed by atoms with van der Waals surface area (Å²) in [7, 11) is 0. The van der Waals surface area contributed by atoms with Crippen molar-refractivity contribution in [1.29, 1.82) is 0 Å². The van der Waals surface area contributed by atoms with E-state index in [0.29, 0.717) is 0 Å². The van der Waals surface area contributed by atoms with Gasteiger partial charge in [-0.3, -0.25) is 4.79 Å². The number of rotatable bonds is 2. The summed E-state index contributed by atoms with van der Waals surface area (Å²) in [5.41, 5.74) is 0.110. The lowest BCUT2D eigenvalue weighted by molar-refractivity contribution is -0.117. The van der Waals surface area contributed by atoms with Crippen LogP contribution in [0.3, 0.4) is 0 Å². The highest BCUT2D eigenvalue weighted by molar-refractivity contribution is 5.87. The van der Waals surface area contributed by atoms with Gasteiger partial charge in [-0.1, -0.05) is 27.4 Å². The van der Waals surface area contributed by atoms with Gasteiger partial charge in [0.1, 0.15) is 0 Å². The molecule has 11 heavy (non-hydrogen) atoms. The maximum Gasteiger partial charge on any atom is 0.243 e. The molecule has 0 aromatic heterocycles. The second-order valence-electron chi connectivity index (χ2n) is 3.80. The molecule has 0 aromatic carbocycles. The van der Waals surface area contributed by atoms with E-state index in [1.807, 2.05) is 6.92 Å². The van der Waals surface area contributed by atoms with Crippen LogP contribution >= 0.6 is 0 Å². The van der Waals surface area contributed by atoms with Crippen molar-refractivity contribution in [2.24, 2.45) is 5.41 Å². The molecular formula is C9H17NO. The van der Waals surface area contributed by atoms with E-state index in [-0.39, 0.29) is 17.4 Å². The normalized spacial score (nSPS) is 13.8. The molecule has 0 spiro atoms. The highest BCUT2D eigenvalue weighted by Crippen LogP contribution is 2.18. The molecule has 2 nitrogen and oxygen atoms in total. The quantitative estimate of drug-likeness (QED) is 0.604. The Balaban J connectivity index is 3.97. The fourth-order valence-corrected chi connectivity index (χ4v) is 0.489. The van der Waals surface area contributed by atoms with Crippen molar-refractivity contribution in [3.8, 4) is 0 Å². The molecule has 0 saturated heterocycles. The molecule has 1 atom stereocenters. The summed E-state index contributed by atoms with van der Waals surface area (Å²) in [6.45, 7) is 11.6. The lowest BCUT2D eigenvalue weighted by Crippen LogP contribution is -2.40. The lowest BCUT2D eigenvalue weighted by atomic mass is 9.88. The standard InChI is InChI=1S/C9H17NO/c1-6-8(11)10-7(2)9(3,4)5/h6-7H,1H2,2-5H3,(H,10,11). The molecule has 1 N–H and O–H groups in total. The van der Waals surface area contributed by atoms with Crippen LogP contribution in [0.5, 0.6) is 0 Å². The average Bonchev–Trinajstić information content (AvgIpc) is 1.85. The zero-order valence-electron chi connectivity index (χ0n) is 7.77. The molecular weight excluding hydrogens is 138 g/mol. The van der Waals surface area contributed by atoms with Crippen molar-refractivity contribution in [2.45, 2.75) is 33.7 Å². The van der Waals surface area contributed by atoms with Crippen LogP contribution in [0.15, 0.2) is 12.7 Å². The van der Waals surface area contributed by atoms with Crippen LogP contribution in [0.2, 0.25) is 0 Å². The Morgan fingerprint density at radius 3 is 2.27 bits per heavy atom. The molecule has 0 bridgehead atoms. The Labute approximate surface area is 68.7 Å². The molecule has 0 aromatic rings. The summed E-state index contributed by atoms with van der Waals surface area (Å²) in [5, 5.41) is 2.81. The van der Waals surface area contributed by atoms with E-state index in [9.17, 15) is 4.79 Å². The predicted octanol–water partition coefficient (Wildman–Crippen LogP) is 1.72. The Hall–Kier alpha value is -0.790. The van der Waals surface area contributed by atoms with E-state index in [2.05, 4.69) is 32.7 Å². The first kappa shape index (κ1) is 10.2. The summed E-state index contributed by atoms with van der Waals surface area (Å²) >= 11 is 0. The first-order chi connectivity index (χ1) is 4.88. The monoisotopic (exact) mass is 155 g/mol. The Morgan fingerprint density at radius 2 is 2.00 bits per heavy atom. The second kappa shape index (κ2) is 3.56. The summed E-state index contributed by atoms with van der Waals surface area (Å²) in [4.78, 5) is 10.8. The molecule has 0 radical (unpaired) electrons. The van der Waals surface area contributed by atoms with Crippen LogP contribution in [0.25, 0.3) is 0 Å². The van der Waals surface area contributed by atoms with Crippen molar-refractivity contribution in [3.05, 3.63) is 12.7 Å². The van der Waals surface area contributed by atoms with Gasteiger partial charge in [-0.15, -0.1) is 0 Å². The largest absolute Gasteiger partial charge is 0.350 e. The van der Waals surface area contributed by atoms with Crippen LogP contribution in [0.1, 0.15) is 27.7 Å². The van der Waals surface area contributed by atoms with E-state index in [4.69, 9.17) is 0 Å². The van der Waals surface area contributed by atoms with E-state index in [1.165, 1.54) is 6.08 Å².